The predicted octanol–water partition coefficient (Wildman–Crippen LogP) is 8.03. The van der Waals surface area contributed by atoms with Crippen molar-refractivity contribution in [1.82, 2.24) is 41.2 Å². The summed E-state index contributed by atoms with van der Waals surface area (Å²) in [5, 5.41) is 22.0. The molecule has 0 saturated carbocycles. The van der Waals surface area contributed by atoms with Crippen molar-refractivity contribution in [3.8, 4) is 17.2 Å². The quantitative estimate of drug-likeness (QED) is 0.0140. The SMILES string of the molecule is CC(C)(C)OC(=O)NCCCC[C@@H](NC(=O)c1cccc(-n2cc(CN)nn2)c1)C(=O)COc1c(F)cccc1F.CC(C)(C)OC(=O)NCCCC[C@@H](NC(=O)c1cccc(N=[N+]=N)c1)C(=O)COc1c(F)cccc1F. The minimum atomic E-state index is -1.04. The smallest absolute Gasteiger partial charge is 0.407 e. The third-order valence-corrected chi connectivity index (χ3v) is 10.5. The standard InChI is InChI=1S/C28H34F2N6O5.C25H29F2N5O5/c1-28(2,3)41-27(39)32-13-5-4-12-23(24(37)17-40-25-21(29)10-7-11-22(25)30)33-26(38)18-8-6-9-20(14-18)36-16-19(15-31)34-35-36;1-25(2,3)37-24(35)29-13-5-4-12-20(21(33)15-36-22-18(26)10-7-11-19(22)27)30-23(34)16-8-6-9-17(14-16)31-32-28/h6-11,14,16,23H,4-5,12-13,15,17,31H2,1-3H3,(H,32,39)(H,33,38);6-11,14,20,28H,4-5,12-13,15H2,1-3H3,(H-,29,30,34,35)/p+1/t23-;20-/m11/s1. The van der Waals surface area contributed by atoms with E-state index in [0.717, 1.165) is 24.3 Å². The van der Waals surface area contributed by atoms with Crippen LogP contribution in [0.5, 0.6) is 11.5 Å². The van der Waals surface area contributed by atoms with Gasteiger partial charge in [-0.1, -0.05) is 29.5 Å². The zero-order valence-corrected chi connectivity index (χ0v) is 44.0. The Kier molecular flexibility index (Phi) is 24.0. The second-order valence-corrected chi connectivity index (χ2v) is 19.2. The van der Waals surface area contributed by atoms with Crippen LogP contribution in [0.2, 0.25) is 0 Å². The lowest BCUT2D eigenvalue weighted by Gasteiger charge is -2.20. The first-order chi connectivity index (χ1) is 37.0. The summed E-state index contributed by atoms with van der Waals surface area (Å²) in [7, 11) is 0. The fourth-order valence-electron chi connectivity index (χ4n) is 6.87. The Morgan fingerprint density at radius 1 is 0.654 bits per heavy atom. The molecule has 5 aromatic rings. The number of ether oxygens (including phenoxy) is 4. The van der Waals surface area contributed by atoms with Crippen LogP contribution < -0.4 is 41.4 Å². The lowest BCUT2D eigenvalue weighted by molar-refractivity contribution is -0.123. The molecule has 78 heavy (non-hydrogen) atoms. The number of nitrogens with two attached hydrogens (primary N) is 1. The summed E-state index contributed by atoms with van der Waals surface area (Å²) < 4.78 is 77.7. The Labute approximate surface area is 447 Å². The van der Waals surface area contributed by atoms with Gasteiger partial charge in [0.05, 0.1) is 29.7 Å². The lowest BCUT2D eigenvalue weighted by atomic mass is 10.0. The van der Waals surface area contributed by atoms with E-state index in [2.05, 4.69) is 41.6 Å². The molecular formula is C53H64F4N11O10+. The Balaban J connectivity index is 0.000000338. The van der Waals surface area contributed by atoms with Crippen LogP contribution in [-0.2, 0) is 25.6 Å². The van der Waals surface area contributed by atoms with Gasteiger partial charge in [0, 0.05) is 30.8 Å². The van der Waals surface area contributed by atoms with Crippen molar-refractivity contribution in [2.24, 2.45) is 10.8 Å². The number of aromatic nitrogens is 3. The average molecular weight is 1090 g/mol. The number of halogens is 4. The molecule has 0 unspecified atom stereocenters. The van der Waals surface area contributed by atoms with Crippen molar-refractivity contribution < 1.29 is 65.3 Å². The number of nitrogens with zero attached hydrogens (tertiary/aromatic N) is 5. The first-order valence-corrected chi connectivity index (χ1v) is 24.6. The number of alkyl carbamates (subject to hydrolysis) is 2. The fraction of sp³-hybridized carbons (Fsp3) is 0.396. The van der Waals surface area contributed by atoms with E-state index in [1.807, 2.05) is 0 Å². The Morgan fingerprint density at radius 2 is 1.09 bits per heavy atom. The normalized spacial score (nSPS) is 11.8. The van der Waals surface area contributed by atoms with Crippen molar-refractivity contribution in [2.75, 3.05) is 26.3 Å². The molecule has 21 nitrogen and oxygen atoms in total. The zero-order chi connectivity index (χ0) is 57.4. The number of ketones is 2. The largest absolute Gasteiger partial charge is 0.480 e. The highest BCUT2D eigenvalue weighted by atomic mass is 19.1. The van der Waals surface area contributed by atoms with Gasteiger partial charge in [0.2, 0.25) is 4.91 Å². The third-order valence-electron chi connectivity index (χ3n) is 10.5. The maximum Gasteiger partial charge on any atom is 0.407 e. The highest BCUT2D eigenvalue weighted by Crippen LogP contribution is 2.23. The molecule has 0 radical (unpaired) electrons. The van der Waals surface area contributed by atoms with Gasteiger partial charge in [-0.25, -0.2) is 31.8 Å². The summed E-state index contributed by atoms with van der Waals surface area (Å²) in [6.07, 6.45) is 2.67. The number of nitrogens with one attached hydrogen (secondary N) is 5. The molecule has 0 aliphatic heterocycles. The molecule has 4 amide bonds. The average Bonchev–Trinajstić information content (AvgIpc) is 3.86. The number of hydrogen-bond acceptors (Lipinski definition) is 15. The second kappa shape index (κ2) is 30.2. The van der Waals surface area contributed by atoms with Gasteiger partial charge in [-0.05, 0) is 141 Å². The Morgan fingerprint density at radius 3 is 1.51 bits per heavy atom. The van der Waals surface area contributed by atoms with Crippen LogP contribution in [0.1, 0.15) is 106 Å². The molecule has 25 heteroatoms. The number of hydrogen-bond donors (Lipinski definition) is 6. The van der Waals surface area contributed by atoms with E-state index in [-0.39, 0.29) is 49.3 Å². The first kappa shape index (κ1) is 62.0. The van der Waals surface area contributed by atoms with E-state index in [1.165, 1.54) is 28.9 Å². The van der Waals surface area contributed by atoms with Crippen LogP contribution in [0, 0.1) is 28.8 Å². The Hall–Kier alpha value is -8.57. The van der Waals surface area contributed by atoms with Crippen molar-refractivity contribution in [1.29, 1.82) is 5.53 Å². The Bertz CT molecular complexity index is 2860. The van der Waals surface area contributed by atoms with Crippen LogP contribution in [0.15, 0.2) is 96.2 Å². The van der Waals surface area contributed by atoms with E-state index in [4.69, 9.17) is 30.2 Å². The van der Waals surface area contributed by atoms with Crippen LogP contribution in [0.25, 0.3) is 5.69 Å². The molecule has 418 valence electrons. The molecule has 0 aliphatic rings. The number of para-hydroxylation sites is 2. The first-order valence-electron chi connectivity index (χ1n) is 24.6. The molecule has 0 bridgehead atoms. The van der Waals surface area contributed by atoms with Crippen LogP contribution in [0.4, 0.5) is 32.8 Å². The van der Waals surface area contributed by atoms with Crippen molar-refractivity contribution >= 4 is 41.3 Å². The molecule has 5 rings (SSSR count). The highest BCUT2D eigenvalue weighted by Gasteiger charge is 2.26. The van der Waals surface area contributed by atoms with E-state index in [0.29, 0.717) is 37.1 Å². The fourth-order valence-corrected chi connectivity index (χ4v) is 6.87. The zero-order valence-electron chi connectivity index (χ0n) is 44.0. The minimum absolute atomic E-state index is 0.176. The number of benzene rings is 4. The predicted molar refractivity (Wildman–Crippen MR) is 275 cm³/mol. The summed E-state index contributed by atoms with van der Waals surface area (Å²) in [5.74, 6) is -7.50. The molecule has 0 fully saturated rings. The number of carbonyl (C=O) groups is 6. The third kappa shape index (κ3) is 21.6. The van der Waals surface area contributed by atoms with E-state index >= 15 is 0 Å². The maximum absolute atomic E-state index is 14.0. The van der Waals surface area contributed by atoms with Gasteiger partial charge in [-0.2, -0.15) is 0 Å². The number of unbranched alkanes of at least 4 members (excludes halogenated alkanes) is 2. The van der Waals surface area contributed by atoms with Gasteiger partial charge < -0.3 is 45.9 Å². The molecular weight excluding hydrogens is 1030 g/mol. The van der Waals surface area contributed by atoms with Crippen LogP contribution >= 0.6 is 0 Å². The van der Waals surface area contributed by atoms with Gasteiger partial charge in [-0.3, -0.25) is 19.2 Å². The summed E-state index contributed by atoms with van der Waals surface area (Å²) in [6.45, 7) is 9.90. The second-order valence-electron chi connectivity index (χ2n) is 19.2. The van der Waals surface area contributed by atoms with Gasteiger partial charge in [0.15, 0.2) is 57.1 Å². The molecule has 0 saturated heterocycles. The molecule has 0 spiro atoms. The number of Topliss-reactive ketones (excluding diaryl/α,β-unsaturated/α-hetero) is 2. The van der Waals surface area contributed by atoms with Crippen LogP contribution in [0.3, 0.4) is 0 Å². The van der Waals surface area contributed by atoms with Crippen molar-refractivity contribution in [3.63, 3.8) is 0 Å². The monoisotopic (exact) mass is 1090 g/mol. The minimum Gasteiger partial charge on any atom is -0.480 e. The lowest BCUT2D eigenvalue weighted by Crippen LogP contribution is -2.43. The maximum atomic E-state index is 14.0. The van der Waals surface area contributed by atoms with Crippen LogP contribution in [-0.4, -0.2) is 100 Å². The molecule has 7 N–H and O–H groups in total. The van der Waals surface area contributed by atoms with Gasteiger partial charge in [0.1, 0.15) is 29.9 Å². The van der Waals surface area contributed by atoms with E-state index < -0.39 is 107 Å². The number of amides is 4. The van der Waals surface area contributed by atoms with Gasteiger partial charge >= 0.3 is 12.2 Å². The molecule has 4 aromatic carbocycles. The molecule has 1 aromatic heterocycles. The van der Waals surface area contributed by atoms with E-state index in [9.17, 15) is 46.3 Å². The molecule has 0 aliphatic carbocycles. The number of carbonyl (C=O) groups excluding carboxylic acids is 6. The van der Waals surface area contributed by atoms with Crippen molar-refractivity contribution in [2.45, 2.75) is 110 Å². The topological polar surface area (TPSA) is 294 Å². The van der Waals surface area contributed by atoms with Crippen molar-refractivity contribution in [3.05, 3.63) is 131 Å². The summed E-state index contributed by atoms with van der Waals surface area (Å²) in [5.41, 5.74) is 13.0. The highest BCUT2D eigenvalue weighted by molar-refractivity contribution is 5.99. The van der Waals surface area contributed by atoms with Gasteiger partial charge in [0.25, 0.3) is 11.8 Å². The summed E-state index contributed by atoms with van der Waals surface area (Å²) >= 11 is 0. The van der Waals surface area contributed by atoms with E-state index in [1.54, 1.807) is 84.1 Å². The number of rotatable bonds is 25. The molecule has 2 atom stereocenters. The van der Waals surface area contributed by atoms with Gasteiger partial charge in [-0.15, -0.1) is 5.10 Å². The summed E-state index contributed by atoms with van der Waals surface area (Å²) in [4.78, 5) is 78.4. The summed E-state index contributed by atoms with van der Waals surface area (Å²) in [6, 6.07) is 16.8. The molecule has 1 heterocycles.